The number of carboxylic acids is 1. The monoisotopic (exact) mass is 420 g/mol. The highest BCUT2D eigenvalue weighted by Gasteiger charge is 2.31. The number of aliphatic hydroxyl groups is 1. The summed E-state index contributed by atoms with van der Waals surface area (Å²) < 4.78 is 56.5. The number of rotatable bonds is 7. The molecular formula is C22H21F2NO5. The van der Waals surface area contributed by atoms with Crippen LogP contribution >= 0.6 is 0 Å². The molecule has 0 spiro atoms. The normalized spacial score (nSPS) is 15.4. The lowest BCUT2D eigenvalue weighted by atomic mass is 10.0. The summed E-state index contributed by atoms with van der Waals surface area (Å²) in [6.07, 6.45) is 0.746. The summed E-state index contributed by atoms with van der Waals surface area (Å²) in [6, 6.07) is 7.58. The van der Waals surface area contributed by atoms with Crippen molar-refractivity contribution in [3.63, 3.8) is 0 Å². The number of amides is 1. The van der Waals surface area contributed by atoms with Gasteiger partial charge in [-0.3, -0.25) is 4.79 Å². The minimum absolute atomic E-state index is 0.0242. The van der Waals surface area contributed by atoms with Gasteiger partial charge in [0.15, 0.2) is 11.6 Å². The van der Waals surface area contributed by atoms with Crippen LogP contribution in [0.5, 0.6) is 5.75 Å². The van der Waals surface area contributed by atoms with Crippen molar-refractivity contribution in [1.29, 1.82) is 0 Å². The zero-order valence-corrected chi connectivity index (χ0v) is 15.8. The first-order valence-electron chi connectivity index (χ1n) is 10.7. The Hall–Kier alpha value is -3.26. The molecule has 0 aromatic heterocycles. The van der Waals surface area contributed by atoms with E-state index in [1.54, 1.807) is 0 Å². The Morgan fingerprint density at radius 2 is 1.83 bits per heavy atom. The van der Waals surface area contributed by atoms with Crippen molar-refractivity contribution >= 4 is 17.6 Å². The van der Waals surface area contributed by atoms with Gasteiger partial charge in [-0.15, -0.1) is 0 Å². The number of carboxylic acid groups (broad SMARTS) is 1. The second-order valence-electron chi connectivity index (χ2n) is 6.71. The zero-order chi connectivity index (χ0) is 24.3. The number of nitrogens with zero attached hydrogens (tertiary/aromatic N) is 1. The van der Waals surface area contributed by atoms with Crippen molar-refractivity contribution in [2.24, 2.45) is 0 Å². The molecule has 158 valence electrons. The molecule has 1 amide bonds. The maximum absolute atomic E-state index is 15.1. The smallest absolute Gasteiger partial charge is 0.332 e. The highest BCUT2D eigenvalue weighted by Crippen LogP contribution is 2.34. The Balaban J connectivity index is 2.01. The molecule has 0 unspecified atom stereocenters. The van der Waals surface area contributed by atoms with Crippen molar-refractivity contribution in [2.45, 2.75) is 19.3 Å². The fraction of sp³-hybridized carbons (Fsp3) is 0.273. The summed E-state index contributed by atoms with van der Waals surface area (Å²) in [7, 11) is -2.70. The molecule has 0 aliphatic heterocycles. The quantitative estimate of drug-likeness (QED) is 0.716. The maximum Gasteiger partial charge on any atom is 0.332 e. The Kier molecular flexibility index (Phi) is 5.30. The van der Waals surface area contributed by atoms with Gasteiger partial charge in [-0.25, -0.2) is 13.6 Å². The lowest BCUT2D eigenvalue weighted by molar-refractivity contribution is -0.133. The number of hydrogen-bond donors (Lipinski definition) is 2. The molecule has 0 bridgehead atoms. The van der Waals surface area contributed by atoms with Crippen LogP contribution in [-0.2, 0) is 9.59 Å². The lowest BCUT2D eigenvalue weighted by Crippen LogP contribution is -2.36. The summed E-state index contributed by atoms with van der Waals surface area (Å²) in [5.41, 5.74) is -0.531. The summed E-state index contributed by atoms with van der Waals surface area (Å²) >= 11 is 0. The Bertz CT molecular complexity index is 1090. The molecule has 6 nitrogen and oxygen atoms in total. The third-order valence-electron chi connectivity index (χ3n) is 4.87. The van der Waals surface area contributed by atoms with Gasteiger partial charge >= 0.3 is 5.97 Å². The number of halogens is 2. The third-order valence-corrected chi connectivity index (χ3v) is 4.87. The maximum atomic E-state index is 15.1. The molecule has 0 fully saturated rings. The van der Waals surface area contributed by atoms with Crippen LogP contribution in [0.2, 0.25) is 0 Å². The minimum atomic E-state index is -2.70. The second-order valence-corrected chi connectivity index (χ2v) is 6.71. The van der Waals surface area contributed by atoms with Crippen LogP contribution in [0.15, 0.2) is 47.5 Å². The SMILES string of the molecule is [2H]C([2H])([2H])Oc1cccc(-c2cc(F)c(N(CCO)C(=O)C3=C(C(=O)O)CCC3)c(F)c2)c1. The third kappa shape index (κ3) is 4.18. The van der Waals surface area contributed by atoms with Crippen LogP contribution in [-0.4, -0.2) is 42.3 Å². The number of carbonyl (C=O) groups is 2. The van der Waals surface area contributed by atoms with Gasteiger partial charge in [-0.05, 0) is 54.7 Å². The van der Waals surface area contributed by atoms with E-state index in [9.17, 15) is 19.8 Å². The van der Waals surface area contributed by atoms with Crippen LogP contribution in [0, 0.1) is 11.6 Å². The van der Waals surface area contributed by atoms with Gasteiger partial charge in [0.05, 0.1) is 17.8 Å². The Morgan fingerprint density at radius 1 is 1.13 bits per heavy atom. The van der Waals surface area contributed by atoms with E-state index in [-0.39, 0.29) is 40.9 Å². The molecule has 2 N–H and O–H groups in total. The molecule has 0 saturated heterocycles. The molecule has 1 aliphatic carbocycles. The van der Waals surface area contributed by atoms with Gasteiger partial charge in [0, 0.05) is 17.7 Å². The molecule has 2 aromatic rings. The predicted molar refractivity (Wildman–Crippen MR) is 106 cm³/mol. The number of hydrogen-bond acceptors (Lipinski definition) is 4. The fourth-order valence-electron chi connectivity index (χ4n) is 3.52. The first-order chi connectivity index (χ1) is 15.5. The van der Waals surface area contributed by atoms with E-state index in [2.05, 4.69) is 0 Å². The lowest BCUT2D eigenvalue weighted by Gasteiger charge is -2.24. The van der Waals surface area contributed by atoms with Gasteiger partial charge in [-0.1, -0.05) is 12.1 Å². The molecule has 0 heterocycles. The van der Waals surface area contributed by atoms with Gasteiger partial charge in [0.2, 0.25) is 0 Å². The minimum Gasteiger partial charge on any atom is -0.497 e. The van der Waals surface area contributed by atoms with Gasteiger partial charge in [0.25, 0.3) is 5.91 Å². The summed E-state index contributed by atoms with van der Waals surface area (Å²) in [4.78, 5) is 25.1. The van der Waals surface area contributed by atoms with E-state index < -0.39 is 49.4 Å². The van der Waals surface area contributed by atoms with E-state index in [1.807, 2.05) is 0 Å². The molecule has 30 heavy (non-hydrogen) atoms. The number of anilines is 1. The summed E-state index contributed by atoms with van der Waals surface area (Å²) in [5.74, 6) is -4.38. The van der Waals surface area contributed by atoms with Crippen molar-refractivity contribution in [3.8, 4) is 16.9 Å². The molecule has 0 atom stereocenters. The highest BCUT2D eigenvalue weighted by molar-refractivity contribution is 6.10. The van der Waals surface area contributed by atoms with Crippen LogP contribution in [0.3, 0.4) is 0 Å². The number of methoxy groups -OCH3 is 1. The number of ether oxygens (including phenoxy) is 1. The van der Waals surface area contributed by atoms with Crippen molar-refractivity contribution in [3.05, 3.63) is 59.2 Å². The van der Waals surface area contributed by atoms with Gasteiger partial charge < -0.3 is 19.8 Å². The largest absolute Gasteiger partial charge is 0.497 e. The van der Waals surface area contributed by atoms with Crippen molar-refractivity contribution in [1.82, 2.24) is 0 Å². The average Bonchev–Trinajstić information content (AvgIpc) is 3.21. The Labute approximate surface area is 176 Å². The fourth-order valence-corrected chi connectivity index (χ4v) is 3.52. The first-order valence-corrected chi connectivity index (χ1v) is 9.18. The first kappa shape index (κ1) is 17.6. The standard InChI is InChI=1S/C22H21F2NO5/c1-30-15-5-2-4-13(10-15)14-11-18(23)20(19(24)12-14)25(8-9-26)21(27)16-6-3-7-17(16)22(28)29/h2,4-5,10-12,26H,3,6-9H2,1H3,(H,28,29)/i1D3. The van der Waals surface area contributed by atoms with Gasteiger partial charge in [-0.2, -0.15) is 0 Å². The van der Waals surface area contributed by atoms with Gasteiger partial charge in [0.1, 0.15) is 11.4 Å². The number of aliphatic carboxylic acids is 1. The van der Waals surface area contributed by atoms with E-state index in [4.69, 9.17) is 8.85 Å². The number of aliphatic hydroxyl groups excluding tert-OH is 1. The molecule has 0 saturated carbocycles. The van der Waals surface area contributed by atoms with Crippen molar-refractivity contribution < 1.29 is 37.4 Å². The summed E-state index contributed by atoms with van der Waals surface area (Å²) in [6.45, 7) is -1.04. The molecule has 1 aliphatic rings. The second kappa shape index (κ2) is 9.04. The number of benzene rings is 2. The topological polar surface area (TPSA) is 87.1 Å². The van der Waals surface area contributed by atoms with Crippen molar-refractivity contribution in [2.75, 3.05) is 25.1 Å². The van der Waals surface area contributed by atoms with E-state index in [0.29, 0.717) is 11.3 Å². The average molecular weight is 420 g/mol. The van der Waals surface area contributed by atoms with E-state index in [0.717, 1.165) is 12.1 Å². The van der Waals surface area contributed by atoms with Crippen LogP contribution in [0.25, 0.3) is 11.1 Å². The Morgan fingerprint density at radius 3 is 2.47 bits per heavy atom. The number of carbonyl (C=O) groups excluding carboxylic acids is 1. The molecule has 3 rings (SSSR count). The molecule has 0 radical (unpaired) electrons. The zero-order valence-electron chi connectivity index (χ0n) is 18.8. The molecule has 8 heteroatoms. The van der Waals surface area contributed by atoms with Crippen LogP contribution < -0.4 is 9.64 Å². The van der Waals surface area contributed by atoms with Crippen LogP contribution in [0.1, 0.15) is 23.4 Å². The highest BCUT2D eigenvalue weighted by atomic mass is 19.1. The van der Waals surface area contributed by atoms with E-state index in [1.165, 1.54) is 24.3 Å². The van der Waals surface area contributed by atoms with E-state index >= 15 is 8.78 Å². The molecule has 2 aromatic carbocycles. The predicted octanol–water partition coefficient (Wildman–Crippen LogP) is 3.53. The van der Waals surface area contributed by atoms with Crippen LogP contribution in [0.4, 0.5) is 14.5 Å². The summed E-state index contributed by atoms with van der Waals surface area (Å²) in [5, 5.41) is 18.7. The molecular weight excluding hydrogens is 396 g/mol.